The van der Waals surface area contributed by atoms with Crippen LogP contribution in [0, 0.1) is 0 Å². The minimum atomic E-state index is -3.11. The molecule has 1 N–H and O–H groups in total. The average molecular weight is 282 g/mol. The Morgan fingerprint density at radius 3 is 2.84 bits per heavy atom. The summed E-state index contributed by atoms with van der Waals surface area (Å²) in [6.07, 6.45) is 1.19. The van der Waals surface area contributed by atoms with E-state index < -0.39 is 9.84 Å². The highest BCUT2D eigenvalue weighted by Crippen LogP contribution is 2.22. The van der Waals surface area contributed by atoms with Crippen molar-refractivity contribution in [3.05, 3.63) is 29.8 Å². The second-order valence-corrected chi connectivity index (χ2v) is 6.99. The molecule has 0 unspecified atom stereocenters. The second kappa shape index (κ2) is 5.71. The largest absolute Gasteiger partial charge is 0.311 e. The molecule has 1 aromatic carbocycles. The van der Waals surface area contributed by atoms with E-state index in [0.29, 0.717) is 13.1 Å². The zero-order valence-corrected chi connectivity index (χ0v) is 11.7. The van der Waals surface area contributed by atoms with E-state index in [1.165, 1.54) is 0 Å². The fourth-order valence-corrected chi connectivity index (χ4v) is 2.67. The van der Waals surface area contributed by atoms with E-state index in [1.54, 1.807) is 4.90 Å². The van der Waals surface area contributed by atoms with Gasteiger partial charge in [0.25, 0.3) is 0 Å². The number of hydrogen-bond donors (Lipinski definition) is 1. The number of rotatable bonds is 3. The number of amides is 1. The van der Waals surface area contributed by atoms with Crippen LogP contribution in [-0.4, -0.2) is 39.4 Å². The van der Waals surface area contributed by atoms with Gasteiger partial charge in [-0.2, -0.15) is 0 Å². The van der Waals surface area contributed by atoms with E-state index in [4.69, 9.17) is 0 Å². The van der Waals surface area contributed by atoms with Crippen LogP contribution >= 0.6 is 0 Å². The van der Waals surface area contributed by atoms with Crippen molar-refractivity contribution in [1.29, 1.82) is 0 Å². The summed E-state index contributed by atoms with van der Waals surface area (Å²) in [6.45, 7) is 2.00. The maximum absolute atomic E-state index is 12.2. The lowest BCUT2D eigenvalue weighted by molar-refractivity contribution is -0.118. The number of nitrogens with one attached hydrogen (secondary N) is 1. The third kappa shape index (κ3) is 3.78. The van der Waals surface area contributed by atoms with Crippen molar-refractivity contribution < 1.29 is 13.2 Å². The molecule has 6 heteroatoms. The smallest absolute Gasteiger partial charge is 0.228 e. The lowest BCUT2D eigenvalue weighted by Gasteiger charge is -2.22. The van der Waals surface area contributed by atoms with Crippen LogP contribution in [0.1, 0.15) is 12.0 Å². The summed E-state index contributed by atoms with van der Waals surface area (Å²) in [7, 11) is -3.11. The number of hydrogen-bond acceptors (Lipinski definition) is 4. The quantitative estimate of drug-likeness (QED) is 0.879. The molecule has 1 aromatic rings. The number of para-hydroxylation sites is 1. The molecule has 0 spiro atoms. The van der Waals surface area contributed by atoms with E-state index in [2.05, 4.69) is 5.32 Å². The first-order valence-electron chi connectivity index (χ1n) is 6.24. The van der Waals surface area contributed by atoms with Gasteiger partial charge in [-0.15, -0.1) is 0 Å². The molecule has 0 bridgehead atoms. The van der Waals surface area contributed by atoms with Crippen LogP contribution in [0.2, 0.25) is 0 Å². The van der Waals surface area contributed by atoms with Gasteiger partial charge in [0.15, 0.2) is 0 Å². The van der Waals surface area contributed by atoms with Crippen molar-refractivity contribution in [3.8, 4) is 0 Å². The summed E-state index contributed by atoms with van der Waals surface area (Å²) < 4.78 is 22.3. The lowest BCUT2D eigenvalue weighted by atomic mass is 10.1. The van der Waals surface area contributed by atoms with E-state index in [-0.39, 0.29) is 18.1 Å². The van der Waals surface area contributed by atoms with Gasteiger partial charge in [-0.3, -0.25) is 4.79 Å². The van der Waals surface area contributed by atoms with Crippen molar-refractivity contribution in [2.24, 2.45) is 0 Å². The normalized spacial score (nSPS) is 15.7. The number of carbonyl (C=O) groups excluding carboxylic acids is 1. The Bertz CT molecular complexity index is 569. The Labute approximate surface area is 113 Å². The lowest BCUT2D eigenvalue weighted by Crippen LogP contribution is -2.35. The number of nitrogens with zero attached hydrogens (tertiary/aromatic N) is 1. The Balaban J connectivity index is 2.17. The van der Waals surface area contributed by atoms with Gasteiger partial charge in [0, 0.05) is 38.0 Å². The SMILES string of the molecule is CS(=O)(=O)CCC(=O)N1CCNCc2ccccc21. The predicted octanol–water partition coefficient (Wildman–Crippen LogP) is 0.558. The number of fused-ring (bicyclic) bond motifs is 1. The zero-order chi connectivity index (χ0) is 13.9. The Morgan fingerprint density at radius 1 is 1.37 bits per heavy atom. The Hall–Kier alpha value is -1.40. The van der Waals surface area contributed by atoms with Crippen molar-refractivity contribution in [2.75, 3.05) is 30.0 Å². The molecular weight excluding hydrogens is 264 g/mol. The van der Waals surface area contributed by atoms with Gasteiger partial charge in [-0.25, -0.2) is 8.42 Å². The van der Waals surface area contributed by atoms with Crippen LogP contribution < -0.4 is 10.2 Å². The van der Waals surface area contributed by atoms with Crippen LogP contribution in [0.25, 0.3) is 0 Å². The fraction of sp³-hybridized carbons (Fsp3) is 0.462. The molecule has 19 heavy (non-hydrogen) atoms. The molecule has 1 amide bonds. The van der Waals surface area contributed by atoms with Gasteiger partial charge in [0.2, 0.25) is 5.91 Å². The number of sulfone groups is 1. The molecule has 0 saturated carbocycles. The van der Waals surface area contributed by atoms with Crippen LogP contribution in [0.4, 0.5) is 5.69 Å². The second-order valence-electron chi connectivity index (χ2n) is 4.73. The molecule has 0 atom stereocenters. The molecule has 0 aliphatic carbocycles. The zero-order valence-electron chi connectivity index (χ0n) is 10.9. The first-order valence-corrected chi connectivity index (χ1v) is 8.30. The third-order valence-corrected chi connectivity index (χ3v) is 4.04. The Morgan fingerprint density at radius 2 is 2.11 bits per heavy atom. The van der Waals surface area contributed by atoms with E-state index in [0.717, 1.165) is 24.1 Å². The summed E-state index contributed by atoms with van der Waals surface area (Å²) in [5, 5.41) is 3.25. The maximum Gasteiger partial charge on any atom is 0.228 e. The van der Waals surface area contributed by atoms with Crippen LogP contribution in [0.5, 0.6) is 0 Å². The summed E-state index contributed by atoms with van der Waals surface area (Å²) in [5.74, 6) is -0.237. The molecule has 1 heterocycles. The highest BCUT2D eigenvalue weighted by Gasteiger charge is 2.21. The molecule has 0 saturated heterocycles. The van der Waals surface area contributed by atoms with E-state index in [9.17, 15) is 13.2 Å². The summed E-state index contributed by atoms with van der Waals surface area (Å²) >= 11 is 0. The van der Waals surface area contributed by atoms with Crippen molar-refractivity contribution in [3.63, 3.8) is 0 Å². The molecule has 1 aliphatic rings. The van der Waals surface area contributed by atoms with Gasteiger partial charge in [0.1, 0.15) is 9.84 Å². The van der Waals surface area contributed by atoms with Crippen LogP contribution in [-0.2, 0) is 21.2 Å². The fourth-order valence-electron chi connectivity index (χ4n) is 2.12. The molecule has 1 aliphatic heterocycles. The molecule has 0 fully saturated rings. The minimum absolute atomic E-state index is 0.0349. The maximum atomic E-state index is 12.2. The number of anilines is 1. The molecule has 104 valence electrons. The van der Waals surface area contributed by atoms with Gasteiger partial charge in [0.05, 0.1) is 5.75 Å². The van der Waals surface area contributed by atoms with Gasteiger partial charge in [-0.05, 0) is 11.6 Å². The first kappa shape index (κ1) is 14.0. The minimum Gasteiger partial charge on any atom is -0.311 e. The van der Waals surface area contributed by atoms with Crippen molar-refractivity contribution in [2.45, 2.75) is 13.0 Å². The van der Waals surface area contributed by atoms with Crippen LogP contribution in [0.3, 0.4) is 0 Å². The third-order valence-electron chi connectivity index (χ3n) is 3.10. The monoisotopic (exact) mass is 282 g/mol. The van der Waals surface area contributed by atoms with Crippen LogP contribution in [0.15, 0.2) is 24.3 Å². The predicted molar refractivity (Wildman–Crippen MR) is 74.8 cm³/mol. The van der Waals surface area contributed by atoms with Gasteiger partial charge in [-0.1, -0.05) is 18.2 Å². The topological polar surface area (TPSA) is 66.5 Å². The highest BCUT2D eigenvalue weighted by molar-refractivity contribution is 7.90. The van der Waals surface area contributed by atoms with Crippen molar-refractivity contribution in [1.82, 2.24) is 5.32 Å². The summed E-state index contributed by atoms with van der Waals surface area (Å²) in [6, 6.07) is 7.71. The first-order chi connectivity index (χ1) is 8.97. The van der Waals surface area contributed by atoms with E-state index >= 15 is 0 Å². The standard InChI is InChI=1S/C13H18N2O3S/c1-19(17,18)9-6-13(16)15-8-7-14-10-11-4-2-3-5-12(11)15/h2-5,14H,6-10H2,1H3. The number of carbonyl (C=O) groups is 1. The van der Waals surface area contributed by atoms with Gasteiger partial charge < -0.3 is 10.2 Å². The summed E-state index contributed by atoms with van der Waals surface area (Å²) in [5.41, 5.74) is 1.94. The molecule has 2 rings (SSSR count). The van der Waals surface area contributed by atoms with E-state index in [1.807, 2.05) is 24.3 Å². The Kier molecular flexibility index (Phi) is 4.21. The van der Waals surface area contributed by atoms with Gasteiger partial charge >= 0.3 is 0 Å². The highest BCUT2D eigenvalue weighted by atomic mass is 32.2. The molecule has 0 aromatic heterocycles. The molecule has 5 nitrogen and oxygen atoms in total. The van der Waals surface area contributed by atoms with Crippen molar-refractivity contribution >= 4 is 21.4 Å². The number of benzene rings is 1. The average Bonchev–Trinajstić information content (AvgIpc) is 2.57. The summed E-state index contributed by atoms with van der Waals surface area (Å²) in [4.78, 5) is 13.9. The molecular formula is C13H18N2O3S. The molecule has 0 radical (unpaired) electrons.